The minimum Gasteiger partial charge on any atom is -0.392 e. The number of aromatic nitrogens is 2. The third-order valence-electron chi connectivity index (χ3n) is 6.02. The van der Waals surface area contributed by atoms with E-state index in [9.17, 15) is 23.1 Å². The number of ether oxygens (including phenoxy) is 1. The van der Waals surface area contributed by atoms with Gasteiger partial charge in [-0.05, 0) is 24.8 Å². The quantitative estimate of drug-likeness (QED) is 0.694. The van der Waals surface area contributed by atoms with E-state index in [1.807, 2.05) is 6.20 Å². The Kier molecular flexibility index (Phi) is 6.12. The Balaban J connectivity index is 1.45. The van der Waals surface area contributed by atoms with E-state index in [0.717, 1.165) is 16.9 Å². The van der Waals surface area contributed by atoms with Crippen LogP contribution in [-0.4, -0.2) is 45.4 Å². The number of rotatable bonds is 6. The van der Waals surface area contributed by atoms with E-state index in [1.54, 1.807) is 10.9 Å². The lowest BCUT2D eigenvalue weighted by Crippen LogP contribution is -2.45. The molecular formula is C20H25F3N4O3S. The number of likely N-dealkylation sites (tertiary alicyclic amines) is 1. The third-order valence-corrected chi connectivity index (χ3v) is 7.52. The smallest absolute Gasteiger partial charge is 0.392 e. The minimum absolute atomic E-state index is 0.0148. The van der Waals surface area contributed by atoms with E-state index in [4.69, 9.17) is 10.5 Å². The predicted molar refractivity (Wildman–Crippen MR) is 107 cm³/mol. The molecule has 7 nitrogen and oxygen atoms in total. The summed E-state index contributed by atoms with van der Waals surface area (Å²) >= 11 is 0.736. The van der Waals surface area contributed by atoms with Crippen LogP contribution in [-0.2, 0) is 47.4 Å². The molecule has 0 unspecified atom stereocenters. The lowest BCUT2D eigenvalue weighted by atomic mass is 9.84. The molecule has 1 amide bonds. The number of primary amides is 1. The lowest BCUT2D eigenvalue weighted by molar-refractivity contribution is -0.135. The molecule has 1 saturated heterocycles. The van der Waals surface area contributed by atoms with Gasteiger partial charge in [0.25, 0.3) is 0 Å². The Morgan fingerprint density at radius 3 is 2.74 bits per heavy atom. The molecule has 0 radical (unpaired) electrons. The van der Waals surface area contributed by atoms with Gasteiger partial charge in [0, 0.05) is 54.8 Å². The molecule has 2 aromatic rings. The first-order chi connectivity index (χ1) is 14.7. The van der Waals surface area contributed by atoms with Crippen molar-refractivity contribution < 1.29 is 27.8 Å². The number of aliphatic hydroxyl groups excluding tert-OH is 1. The fraction of sp³-hybridized carbons (Fsp3) is 0.600. The molecule has 0 aromatic carbocycles. The largest absolute Gasteiger partial charge is 0.425 e. The Labute approximate surface area is 181 Å². The lowest BCUT2D eigenvalue weighted by Gasteiger charge is -2.43. The fourth-order valence-electron chi connectivity index (χ4n) is 4.48. The minimum atomic E-state index is -4.48. The van der Waals surface area contributed by atoms with Crippen molar-refractivity contribution in [2.45, 2.75) is 57.2 Å². The summed E-state index contributed by atoms with van der Waals surface area (Å²) < 4.78 is 48.3. The molecule has 170 valence electrons. The molecule has 1 spiro atoms. The van der Waals surface area contributed by atoms with Crippen LogP contribution in [0.2, 0.25) is 0 Å². The Morgan fingerprint density at radius 2 is 2.10 bits per heavy atom. The molecular weight excluding hydrogens is 433 g/mol. The summed E-state index contributed by atoms with van der Waals surface area (Å²) in [6.07, 6.45) is 0.971. The van der Waals surface area contributed by atoms with E-state index >= 15 is 0 Å². The van der Waals surface area contributed by atoms with Gasteiger partial charge in [-0.25, -0.2) is 0 Å². The number of halogens is 3. The molecule has 4 rings (SSSR count). The van der Waals surface area contributed by atoms with Crippen LogP contribution < -0.4 is 5.73 Å². The molecule has 3 N–H and O–H groups in total. The Hall–Kier alpha value is -1.95. The van der Waals surface area contributed by atoms with Gasteiger partial charge in [0.05, 0.1) is 19.4 Å². The maximum absolute atomic E-state index is 13.5. The van der Waals surface area contributed by atoms with Crippen LogP contribution in [0.4, 0.5) is 13.2 Å². The first-order valence-corrected chi connectivity index (χ1v) is 11.0. The highest BCUT2D eigenvalue weighted by molar-refractivity contribution is 7.12. The second-order valence-corrected chi connectivity index (χ2v) is 9.09. The van der Waals surface area contributed by atoms with Crippen molar-refractivity contribution in [1.82, 2.24) is 14.7 Å². The zero-order valence-electron chi connectivity index (χ0n) is 17.0. The highest BCUT2D eigenvalue weighted by Crippen LogP contribution is 2.50. The van der Waals surface area contributed by atoms with Crippen molar-refractivity contribution in [2.75, 3.05) is 19.7 Å². The second kappa shape index (κ2) is 8.53. The molecule has 0 bridgehead atoms. The van der Waals surface area contributed by atoms with Gasteiger partial charge in [0.15, 0.2) is 0 Å². The zero-order chi connectivity index (χ0) is 22.2. The first kappa shape index (κ1) is 22.3. The van der Waals surface area contributed by atoms with Gasteiger partial charge in [-0.1, -0.05) is 0 Å². The predicted octanol–water partition coefficient (Wildman–Crippen LogP) is 2.40. The second-order valence-electron chi connectivity index (χ2n) is 8.07. The van der Waals surface area contributed by atoms with E-state index in [2.05, 4.69) is 10.00 Å². The van der Waals surface area contributed by atoms with E-state index in [0.29, 0.717) is 62.5 Å². The zero-order valence-corrected chi connectivity index (χ0v) is 17.8. The van der Waals surface area contributed by atoms with Crippen LogP contribution in [0.1, 0.15) is 45.7 Å². The van der Waals surface area contributed by atoms with Crippen molar-refractivity contribution in [2.24, 2.45) is 5.73 Å². The fourth-order valence-corrected chi connectivity index (χ4v) is 5.91. The molecule has 31 heavy (non-hydrogen) atoms. The van der Waals surface area contributed by atoms with Crippen LogP contribution in [0.15, 0.2) is 12.4 Å². The van der Waals surface area contributed by atoms with Crippen LogP contribution >= 0.6 is 11.3 Å². The van der Waals surface area contributed by atoms with Gasteiger partial charge >= 0.3 is 6.18 Å². The highest BCUT2D eigenvalue weighted by Gasteiger charge is 2.47. The van der Waals surface area contributed by atoms with Crippen molar-refractivity contribution >= 4 is 17.2 Å². The normalized spacial score (nSPS) is 19.0. The summed E-state index contributed by atoms with van der Waals surface area (Å²) in [5.41, 5.74) is 6.09. The molecule has 0 atom stereocenters. The summed E-state index contributed by atoms with van der Waals surface area (Å²) in [4.78, 5) is 13.1. The summed E-state index contributed by atoms with van der Waals surface area (Å²) in [6, 6.07) is 0. The summed E-state index contributed by atoms with van der Waals surface area (Å²) in [5.74, 6) is -0.378. The number of hydrogen-bond acceptors (Lipinski definition) is 6. The van der Waals surface area contributed by atoms with Crippen LogP contribution in [0.25, 0.3) is 0 Å². The average Bonchev–Trinajstić information content (AvgIpc) is 3.33. The summed E-state index contributed by atoms with van der Waals surface area (Å²) in [7, 11) is 0. The van der Waals surface area contributed by atoms with Crippen molar-refractivity contribution in [3.63, 3.8) is 0 Å². The van der Waals surface area contributed by atoms with Gasteiger partial charge in [0.2, 0.25) is 5.91 Å². The maximum atomic E-state index is 13.5. The van der Waals surface area contributed by atoms with Crippen LogP contribution in [0, 0.1) is 0 Å². The van der Waals surface area contributed by atoms with E-state index in [1.165, 1.54) is 0 Å². The number of nitrogens with two attached hydrogens (primary N) is 1. The molecule has 2 aromatic heterocycles. The number of amides is 1. The first-order valence-electron chi connectivity index (χ1n) is 10.2. The number of hydrogen-bond donors (Lipinski definition) is 2. The monoisotopic (exact) mass is 458 g/mol. The number of nitrogens with zero attached hydrogens (tertiary/aromatic N) is 3. The molecule has 0 saturated carbocycles. The number of aryl methyl sites for hydroxylation is 1. The van der Waals surface area contributed by atoms with Gasteiger partial charge < -0.3 is 15.6 Å². The van der Waals surface area contributed by atoms with Crippen molar-refractivity contribution in [1.29, 1.82) is 0 Å². The Morgan fingerprint density at radius 1 is 1.35 bits per heavy atom. The Bertz CT molecular complexity index is 948. The summed E-state index contributed by atoms with van der Waals surface area (Å²) in [6.45, 7) is 2.21. The standard InChI is InChI=1S/C20H25F3N4O3S/c21-20(22,23)18-15(12-28)14-2-8-30-19(17(14)31-18)3-6-26(7-4-19)10-13-9-25-27(11-13)5-1-16(24)29/h9,11,28H,1-8,10,12H2,(H2,24,29). The SMILES string of the molecule is NC(=O)CCn1cc(CN2CCC3(CC2)OCCc2c3sc(C(F)(F)F)c2CO)cn1. The van der Waals surface area contributed by atoms with Crippen molar-refractivity contribution in [3.8, 4) is 0 Å². The molecule has 2 aliphatic heterocycles. The third kappa shape index (κ3) is 4.50. The van der Waals surface area contributed by atoms with Crippen molar-refractivity contribution in [3.05, 3.63) is 38.8 Å². The molecule has 1 fully saturated rings. The topological polar surface area (TPSA) is 93.6 Å². The molecule has 11 heteroatoms. The molecule has 4 heterocycles. The number of thiophene rings is 1. The van der Waals surface area contributed by atoms with Gasteiger partial charge in [-0.3, -0.25) is 14.4 Å². The van der Waals surface area contributed by atoms with E-state index in [-0.39, 0.29) is 17.9 Å². The highest BCUT2D eigenvalue weighted by atomic mass is 32.1. The number of alkyl halides is 3. The summed E-state index contributed by atoms with van der Waals surface area (Å²) in [5, 5.41) is 13.9. The number of carbonyl (C=O) groups excluding carboxylic acids is 1. The average molecular weight is 459 g/mol. The number of piperidine rings is 1. The number of fused-ring (bicyclic) bond motifs is 2. The number of carbonyl (C=O) groups is 1. The molecule has 0 aliphatic carbocycles. The van der Waals surface area contributed by atoms with Gasteiger partial charge in [-0.15, -0.1) is 11.3 Å². The van der Waals surface area contributed by atoms with Crippen LogP contribution in [0.5, 0.6) is 0 Å². The maximum Gasteiger partial charge on any atom is 0.425 e. The van der Waals surface area contributed by atoms with Crippen LogP contribution in [0.3, 0.4) is 0 Å². The van der Waals surface area contributed by atoms with Gasteiger partial charge in [-0.2, -0.15) is 18.3 Å². The molecule has 2 aliphatic rings. The van der Waals surface area contributed by atoms with E-state index < -0.39 is 23.3 Å². The van der Waals surface area contributed by atoms with Gasteiger partial charge in [0.1, 0.15) is 10.5 Å². The number of aliphatic hydroxyl groups is 1.